The van der Waals surface area contributed by atoms with E-state index in [4.69, 9.17) is 5.11 Å². The van der Waals surface area contributed by atoms with Gasteiger partial charge in [-0.2, -0.15) is 0 Å². The van der Waals surface area contributed by atoms with E-state index in [0.717, 1.165) is 30.1 Å². The Hall–Kier alpha value is 0.855. The standard InChI is InChI=1S/C3H7O.Hg.H2O/c1-3(2)4;;/h3-4H,1H2,2H3;;1H2/q;+1;/p-1. The molecular weight excluding hydrogens is 269 g/mol. The molecule has 0 aliphatic heterocycles. The van der Waals surface area contributed by atoms with Crippen molar-refractivity contribution in [2.24, 2.45) is 0 Å². The molecule has 6 heavy (non-hydrogen) atoms. The van der Waals surface area contributed by atoms with Gasteiger partial charge in [-0.1, -0.05) is 0 Å². The third kappa shape index (κ3) is 8.85. The molecule has 0 rings (SSSR count). The van der Waals surface area contributed by atoms with Gasteiger partial charge in [-0.3, -0.25) is 0 Å². The molecule has 0 aromatic heterocycles. The summed E-state index contributed by atoms with van der Waals surface area (Å²) in [5, 5.41) is 8.41. The fourth-order valence-corrected chi connectivity index (χ4v) is 0. The molecule has 1 unspecified atom stereocenters. The largest absolute Gasteiger partial charge is 0.870 e. The van der Waals surface area contributed by atoms with Gasteiger partial charge >= 0.3 is 48.2 Å². The molecule has 0 saturated heterocycles. The van der Waals surface area contributed by atoms with Crippen LogP contribution in [0.3, 0.4) is 0 Å². The van der Waals surface area contributed by atoms with Gasteiger partial charge in [-0.25, -0.2) is 0 Å². The molecule has 0 heterocycles. The molecule has 0 radical (unpaired) electrons. The van der Waals surface area contributed by atoms with Crippen LogP contribution in [0.2, 0.25) is 3.93 Å². The predicted molar refractivity (Wildman–Crippen MR) is 18.4 cm³/mol. The van der Waals surface area contributed by atoms with Crippen molar-refractivity contribution in [1.29, 1.82) is 0 Å². The van der Waals surface area contributed by atoms with Gasteiger partial charge in [0.2, 0.25) is 0 Å². The predicted octanol–water partition coefficient (Wildman–Crippen LogP) is 0.155. The van der Waals surface area contributed by atoms with Crippen molar-refractivity contribution >= 4 is 0 Å². The number of hydrogen-bond acceptors (Lipinski definition) is 2. The van der Waals surface area contributed by atoms with Crippen LogP contribution in [0.5, 0.6) is 0 Å². The van der Waals surface area contributed by atoms with Gasteiger partial charge in [0.05, 0.1) is 0 Å². The van der Waals surface area contributed by atoms with Crippen molar-refractivity contribution in [2.75, 3.05) is 0 Å². The second-order valence-electron chi connectivity index (χ2n) is 1.14. The molecule has 2 nitrogen and oxygen atoms in total. The molecule has 2 N–H and O–H groups in total. The number of hydrogen-bond donors (Lipinski definition) is 1. The maximum atomic E-state index is 8.41. The molecule has 0 fully saturated rings. The van der Waals surface area contributed by atoms with Crippen LogP contribution in [0, 0.1) is 0 Å². The molecule has 0 aliphatic rings. The first kappa shape index (κ1) is 9.97. The zero-order valence-corrected chi connectivity index (χ0v) is 9.38. The summed E-state index contributed by atoms with van der Waals surface area (Å²) in [6.45, 7) is 1.83. The van der Waals surface area contributed by atoms with Gasteiger partial charge in [0, 0.05) is 0 Å². The first-order chi connectivity index (χ1) is 2.27. The van der Waals surface area contributed by atoms with Crippen LogP contribution in [0.15, 0.2) is 0 Å². The Bertz CT molecular complexity index is 22.8. The van der Waals surface area contributed by atoms with Gasteiger partial charge in [0.15, 0.2) is 0 Å². The van der Waals surface area contributed by atoms with E-state index in [1.165, 1.54) is 0 Å². The maximum Gasteiger partial charge on any atom is -0.870 e. The minimum absolute atomic E-state index is 0. The molecule has 0 aromatic carbocycles. The molecule has 0 spiro atoms. The van der Waals surface area contributed by atoms with Crippen LogP contribution in [-0.4, -0.2) is 16.7 Å². The Balaban J connectivity index is 0. The number of aliphatic hydroxyl groups is 1. The third-order valence-corrected chi connectivity index (χ3v) is 3.67. The van der Waals surface area contributed by atoms with Crippen LogP contribution in [-0.2, 0) is 26.1 Å². The van der Waals surface area contributed by atoms with Crippen LogP contribution >= 0.6 is 0 Å². The fourth-order valence-electron chi connectivity index (χ4n) is 0. The van der Waals surface area contributed by atoms with E-state index in [1.54, 1.807) is 0 Å². The number of aliphatic hydroxyl groups excluding tert-OH is 1. The molecule has 34 valence electrons. The Morgan fingerprint density at radius 2 is 2.00 bits per heavy atom. The van der Waals surface area contributed by atoms with Gasteiger partial charge < -0.3 is 5.48 Å². The van der Waals surface area contributed by atoms with Gasteiger partial charge in [0.1, 0.15) is 0 Å². The fraction of sp³-hybridized carbons (Fsp3) is 1.00. The molecule has 0 saturated carbocycles. The molecule has 3 heteroatoms. The topological polar surface area (TPSA) is 50.2 Å². The monoisotopic (exact) mass is 278 g/mol. The van der Waals surface area contributed by atoms with E-state index < -0.39 is 0 Å². The van der Waals surface area contributed by atoms with Crippen LogP contribution in [0.4, 0.5) is 0 Å². The molecule has 1 atom stereocenters. The third-order valence-electron chi connectivity index (χ3n) is 0.418. The van der Waals surface area contributed by atoms with E-state index in [0.29, 0.717) is 0 Å². The normalized spacial score (nSPS) is 12.7. The zero-order chi connectivity index (χ0) is 4.28. The molecule has 0 amide bonds. The Kier molecular flexibility index (Phi) is 9.73. The first-order valence-electron chi connectivity index (χ1n) is 1.74. The quantitative estimate of drug-likeness (QED) is 0.694. The minimum atomic E-state index is -0.0293. The average Bonchev–Trinajstić information content (AvgIpc) is 1.38. The van der Waals surface area contributed by atoms with Crippen molar-refractivity contribution in [2.45, 2.75) is 17.0 Å². The van der Waals surface area contributed by atoms with E-state index in [1.807, 2.05) is 6.92 Å². The van der Waals surface area contributed by atoms with E-state index in [2.05, 4.69) is 0 Å². The second-order valence-corrected chi connectivity index (χ2v) is 3.38. The zero-order valence-electron chi connectivity index (χ0n) is 3.89. The average molecular weight is 277 g/mol. The van der Waals surface area contributed by atoms with Crippen molar-refractivity contribution < 1.29 is 36.7 Å². The van der Waals surface area contributed by atoms with Crippen LogP contribution in [0.1, 0.15) is 6.92 Å². The van der Waals surface area contributed by atoms with Crippen LogP contribution in [0.25, 0.3) is 0 Å². The smallest absolute Gasteiger partial charge is 0.870 e. The molecule has 0 bridgehead atoms. The van der Waals surface area contributed by atoms with Crippen molar-refractivity contribution in [3.63, 3.8) is 0 Å². The van der Waals surface area contributed by atoms with Crippen molar-refractivity contribution in [3.05, 3.63) is 0 Å². The summed E-state index contributed by atoms with van der Waals surface area (Å²) < 4.78 is 1.06. The maximum absolute atomic E-state index is 8.41. The Morgan fingerprint density at radius 3 is 2.00 bits per heavy atom. The summed E-state index contributed by atoms with van der Waals surface area (Å²) in [4.78, 5) is 0. The summed E-state index contributed by atoms with van der Waals surface area (Å²) in [7, 11) is 0. The van der Waals surface area contributed by atoms with Crippen molar-refractivity contribution in [1.82, 2.24) is 0 Å². The van der Waals surface area contributed by atoms with Gasteiger partial charge in [0.25, 0.3) is 0 Å². The van der Waals surface area contributed by atoms with E-state index in [9.17, 15) is 0 Å². The summed E-state index contributed by atoms with van der Waals surface area (Å²) >= 11 is 0.793. The Labute approximate surface area is 53.8 Å². The molecule has 0 aliphatic carbocycles. The van der Waals surface area contributed by atoms with Gasteiger partial charge in [-0.15, -0.1) is 0 Å². The summed E-state index contributed by atoms with van der Waals surface area (Å²) in [5.74, 6) is 0. The van der Waals surface area contributed by atoms with Crippen LogP contribution < -0.4 is 0 Å². The second kappa shape index (κ2) is 5.86. The number of rotatable bonds is 1. The SMILES string of the molecule is CC(O)[CH2][Hg+].[OH-]. The summed E-state index contributed by atoms with van der Waals surface area (Å²) in [6, 6.07) is 0. The van der Waals surface area contributed by atoms with E-state index >= 15 is 0 Å². The summed E-state index contributed by atoms with van der Waals surface area (Å²) in [5.41, 5.74) is 0. The first-order valence-corrected chi connectivity index (χ1v) is 5.63. The molecular formula is C3H8HgO2. The Morgan fingerprint density at radius 1 is 1.83 bits per heavy atom. The minimum Gasteiger partial charge on any atom is -0.870 e. The molecule has 0 aromatic rings. The van der Waals surface area contributed by atoms with E-state index in [-0.39, 0.29) is 11.6 Å². The summed E-state index contributed by atoms with van der Waals surface area (Å²) in [6.07, 6.45) is -0.0293. The van der Waals surface area contributed by atoms with Gasteiger partial charge in [-0.05, 0) is 0 Å². The van der Waals surface area contributed by atoms with Crippen molar-refractivity contribution in [3.8, 4) is 0 Å².